The molecular weight excluding hydrogens is 246 g/mol. The van der Waals surface area contributed by atoms with E-state index in [1.807, 2.05) is 0 Å². The predicted molar refractivity (Wildman–Crippen MR) is 43.8 cm³/mol. The Bertz CT molecular complexity index is 435. The summed E-state index contributed by atoms with van der Waals surface area (Å²) >= 11 is 0. The van der Waals surface area contributed by atoms with Gasteiger partial charge in [-0.2, -0.15) is 8.42 Å². The molecule has 2 amide bonds. The lowest BCUT2D eigenvalue weighted by molar-refractivity contribution is -0.965. The Labute approximate surface area is 89.7 Å². The van der Waals surface area contributed by atoms with Gasteiger partial charge in [0.2, 0.25) is 6.54 Å². The van der Waals surface area contributed by atoms with Crippen molar-refractivity contribution in [2.45, 2.75) is 12.8 Å². The topological polar surface area (TPSA) is 135 Å². The molecule has 0 atom stereocenters. The van der Waals surface area contributed by atoms with Crippen molar-refractivity contribution >= 4 is 28.2 Å². The highest BCUT2D eigenvalue weighted by molar-refractivity contribution is 7.81. The zero-order valence-corrected chi connectivity index (χ0v) is 8.64. The second-order valence-electron chi connectivity index (χ2n) is 3.10. The van der Waals surface area contributed by atoms with E-state index in [-0.39, 0.29) is 12.8 Å². The summed E-state index contributed by atoms with van der Waals surface area (Å²) in [6.45, 7) is -1.18. The fraction of sp³-hybridized carbons (Fsp3) is 0.500. The monoisotopic (exact) mass is 254 g/mol. The van der Waals surface area contributed by atoms with Gasteiger partial charge in [0.15, 0.2) is 0 Å². The van der Waals surface area contributed by atoms with Crippen LogP contribution in [0.15, 0.2) is 0 Å². The Morgan fingerprint density at radius 3 is 2.12 bits per heavy atom. The molecule has 9 nitrogen and oxygen atoms in total. The third-order valence-electron chi connectivity index (χ3n) is 1.93. The molecule has 0 aliphatic carbocycles. The normalized spacial score (nSPS) is 19.9. The second kappa shape index (κ2) is 3.90. The van der Waals surface area contributed by atoms with Gasteiger partial charge in [-0.25, -0.2) is 19.6 Å². The maximum absolute atomic E-state index is 11.1. The van der Waals surface area contributed by atoms with Crippen LogP contribution in [0.4, 0.5) is 0 Å². The number of hydroxylamine groups is 3. The van der Waals surface area contributed by atoms with Gasteiger partial charge in [0, 0.05) is 0 Å². The summed E-state index contributed by atoms with van der Waals surface area (Å²) in [5, 5.41) is 9.46. The number of amides is 2. The molecule has 16 heavy (non-hydrogen) atoms. The Kier molecular flexibility index (Phi) is 3.10. The van der Waals surface area contributed by atoms with E-state index in [9.17, 15) is 28.0 Å². The molecule has 0 bridgehead atoms. The van der Waals surface area contributed by atoms with Gasteiger partial charge < -0.3 is 4.18 Å². The van der Waals surface area contributed by atoms with Gasteiger partial charge in [0.05, 0.1) is 12.8 Å². The number of likely N-dealkylation sites (tertiary alicyclic amines) is 1. The molecule has 1 fully saturated rings. The van der Waals surface area contributed by atoms with E-state index in [4.69, 9.17) is 4.55 Å². The molecule has 10 heteroatoms. The minimum Gasteiger partial charge on any atom is -0.319 e. The van der Waals surface area contributed by atoms with Crippen molar-refractivity contribution in [1.29, 1.82) is 0 Å². The third kappa shape index (κ3) is 2.61. The van der Waals surface area contributed by atoms with E-state index in [1.54, 1.807) is 0 Å². The standard InChI is InChI=1S/C6H7NO8S/c8-4-1-2-5(9)7(4,11)3-6(10)15-16(12,13)14/h11H,1-3H2/p+1. The Morgan fingerprint density at radius 2 is 1.75 bits per heavy atom. The molecule has 0 saturated carbocycles. The fourth-order valence-electron chi connectivity index (χ4n) is 1.23. The number of hydrogen-bond acceptors (Lipinski definition) is 7. The molecule has 1 saturated heterocycles. The van der Waals surface area contributed by atoms with Crippen LogP contribution in [0.5, 0.6) is 0 Å². The number of quaternary nitrogens is 1. The smallest absolute Gasteiger partial charge is 0.319 e. The predicted octanol–water partition coefficient (Wildman–Crippen LogP) is -1.61. The lowest BCUT2D eigenvalue weighted by atomic mass is 10.4. The van der Waals surface area contributed by atoms with Crippen LogP contribution in [0, 0.1) is 0 Å². The van der Waals surface area contributed by atoms with Crippen LogP contribution in [0.3, 0.4) is 0 Å². The molecule has 1 heterocycles. The molecule has 1 rings (SSSR count). The number of rotatable bonds is 3. The molecule has 1 aliphatic rings. The van der Waals surface area contributed by atoms with Crippen LogP contribution < -0.4 is 0 Å². The number of imide groups is 1. The first-order valence-electron chi connectivity index (χ1n) is 4.02. The molecule has 0 unspecified atom stereocenters. The van der Waals surface area contributed by atoms with Gasteiger partial charge in [-0.1, -0.05) is 0 Å². The van der Waals surface area contributed by atoms with Crippen molar-refractivity contribution in [3.05, 3.63) is 0 Å². The van der Waals surface area contributed by atoms with Crippen molar-refractivity contribution in [1.82, 2.24) is 0 Å². The van der Waals surface area contributed by atoms with E-state index < -0.39 is 39.4 Å². The maximum Gasteiger partial charge on any atom is 0.449 e. The summed E-state index contributed by atoms with van der Waals surface area (Å²) in [5.41, 5.74) is 0. The summed E-state index contributed by atoms with van der Waals surface area (Å²) in [6.07, 6.45) is -0.483. The van der Waals surface area contributed by atoms with E-state index in [0.29, 0.717) is 0 Å². The molecule has 1 aliphatic heterocycles. The summed E-state index contributed by atoms with van der Waals surface area (Å²) in [4.78, 5) is 33.0. The molecular formula is C6H8NO8S+. The van der Waals surface area contributed by atoms with Crippen LogP contribution in [0.1, 0.15) is 12.8 Å². The lowest BCUT2D eigenvalue weighted by Crippen LogP contribution is -2.52. The van der Waals surface area contributed by atoms with Gasteiger partial charge in [0.1, 0.15) is 0 Å². The molecule has 0 aromatic heterocycles. The number of nitrogens with zero attached hydrogens (tertiary/aromatic N) is 1. The van der Waals surface area contributed by atoms with E-state index in [2.05, 4.69) is 4.18 Å². The van der Waals surface area contributed by atoms with Crippen LogP contribution in [0.2, 0.25) is 0 Å². The quantitative estimate of drug-likeness (QED) is 0.265. The number of carbonyl (C=O) groups is 3. The van der Waals surface area contributed by atoms with Gasteiger partial charge in [-0.05, 0) is 4.65 Å². The minimum atomic E-state index is -5.02. The SMILES string of the molecule is O=C(C[N+]1(O)C(=O)CCC1=O)OS(=O)(=O)O. The summed E-state index contributed by atoms with van der Waals surface area (Å²) in [6, 6.07) is 0. The van der Waals surface area contributed by atoms with E-state index >= 15 is 0 Å². The zero-order chi connectivity index (χ0) is 12.6. The summed E-state index contributed by atoms with van der Waals surface area (Å²) < 4.78 is 30.1. The van der Waals surface area contributed by atoms with Crippen molar-refractivity contribution in [3.63, 3.8) is 0 Å². The first kappa shape index (κ1) is 12.7. The highest BCUT2D eigenvalue weighted by Gasteiger charge is 2.52. The molecule has 90 valence electrons. The Balaban J connectivity index is 2.77. The first-order chi connectivity index (χ1) is 7.15. The summed E-state index contributed by atoms with van der Waals surface area (Å²) in [7, 11) is -5.02. The van der Waals surface area contributed by atoms with Gasteiger partial charge in [-0.15, -0.1) is 0 Å². The van der Waals surface area contributed by atoms with Crippen molar-refractivity contribution in [3.8, 4) is 0 Å². The van der Waals surface area contributed by atoms with Gasteiger partial charge in [-0.3, -0.25) is 4.55 Å². The highest BCUT2D eigenvalue weighted by Crippen LogP contribution is 2.19. The number of carbonyl (C=O) groups excluding carboxylic acids is 3. The van der Waals surface area contributed by atoms with Crippen molar-refractivity contribution in [2.75, 3.05) is 6.54 Å². The minimum absolute atomic E-state index is 0.242. The highest BCUT2D eigenvalue weighted by atomic mass is 32.3. The van der Waals surface area contributed by atoms with Gasteiger partial charge >= 0.3 is 28.2 Å². The number of hydrogen-bond donors (Lipinski definition) is 2. The zero-order valence-electron chi connectivity index (χ0n) is 7.82. The lowest BCUT2D eigenvalue weighted by Gasteiger charge is -2.16. The molecule has 0 radical (unpaired) electrons. The third-order valence-corrected chi connectivity index (χ3v) is 2.33. The molecule has 0 spiro atoms. The van der Waals surface area contributed by atoms with Crippen LogP contribution in [-0.2, 0) is 29.0 Å². The molecule has 0 aromatic carbocycles. The average Bonchev–Trinajstić information content (AvgIpc) is 2.29. The fourth-order valence-corrected chi connectivity index (χ4v) is 1.52. The van der Waals surface area contributed by atoms with Gasteiger partial charge in [0.25, 0.3) is 0 Å². The maximum atomic E-state index is 11.1. The van der Waals surface area contributed by atoms with E-state index in [1.165, 1.54) is 0 Å². The second-order valence-corrected chi connectivity index (χ2v) is 4.12. The molecule has 2 N–H and O–H groups in total. The first-order valence-corrected chi connectivity index (χ1v) is 5.39. The van der Waals surface area contributed by atoms with Crippen molar-refractivity contribution in [2.24, 2.45) is 0 Å². The van der Waals surface area contributed by atoms with Crippen LogP contribution >= 0.6 is 0 Å². The van der Waals surface area contributed by atoms with Crippen molar-refractivity contribution < 1.29 is 41.4 Å². The molecule has 0 aromatic rings. The average molecular weight is 254 g/mol. The van der Waals surface area contributed by atoms with E-state index in [0.717, 1.165) is 0 Å². The Hall–Kier alpha value is -1.36. The summed E-state index contributed by atoms with van der Waals surface area (Å²) in [5.74, 6) is -3.47. The van der Waals surface area contributed by atoms with Crippen LogP contribution in [0.25, 0.3) is 0 Å². The largest absolute Gasteiger partial charge is 0.449 e. The Morgan fingerprint density at radius 1 is 1.31 bits per heavy atom. The van der Waals surface area contributed by atoms with Crippen LogP contribution in [-0.4, -0.2) is 47.2 Å².